The monoisotopic (exact) mass is 502 g/mol. The second-order valence-corrected chi connectivity index (χ2v) is 9.79. The van der Waals surface area contributed by atoms with E-state index in [-0.39, 0.29) is 29.7 Å². The van der Waals surface area contributed by atoms with E-state index in [0.29, 0.717) is 16.1 Å². The van der Waals surface area contributed by atoms with Gasteiger partial charge in [-0.15, -0.1) is 0 Å². The first-order valence-electron chi connectivity index (χ1n) is 9.45. The van der Waals surface area contributed by atoms with E-state index in [1.807, 2.05) is 6.07 Å². The highest BCUT2D eigenvalue weighted by Gasteiger charge is 2.38. The number of benzene rings is 2. The van der Waals surface area contributed by atoms with Crippen LogP contribution in [0, 0.1) is 11.3 Å². The fourth-order valence-corrected chi connectivity index (χ4v) is 4.62. The summed E-state index contributed by atoms with van der Waals surface area (Å²) in [6.07, 6.45) is -3.78. The molecule has 0 saturated carbocycles. The molecule has 1 saturated heterocycles. The SMILES string of the molecule is COc1c(S(C)(=O)=O)ccc(OCC(F)(F)F)c1C(=O)N1CC(c2ccc(C#N)cc2Cl)C1. The molecule has 176 valence electrons. The normalized spacial score (nSPS) is 14.4. The van der Waals surface area contributed by atoms with Gasteiger partial charge >= 0.3 is 6.18 Å². The van der Waals surface area contributed by atoms with E-state index >= 15 is 0 Å². The van der Waals surface area contributed by atoms with Gasteiger partial charge in [0, 0.05) is 30.3 Å². The first-order valence-corrected chi connectivity index (χ1v) is 11.7. The lowest BCUT2D eigenvalue weighted by atomic mass is 9.90. The number of nitriles is 1. The quantitative estimate of drug-likeness (QED) is 0.596. The standard InChI is InChI=1S/C21H18ClF3N2O5S/c1-31-19-17(33(2,29)30)6-5-16(32-11-21(23,24)25)18(19)20(28)27-9-13(10-27)14-4-3-12(8-26)7-15(14)22/h3-7,13H,9-11H2,1-2H3. The summed E-state index contributed by atoms with van der Waals surface area (Å²) < 4.78 is 72.3. The zero-order valence-electron chi connectivity index (χ0n) is 17.4. The highest BCUT2D eigenvalue weighted by atomic mass is 35.5. The van der Waals surface area contributed by atoms with Crippen molar-refractivity contribution in [1.29, 1.82) is 5.26 Å². The van der Waals surface area contributed by atoms with E-state index in [1.54, 1.807) is 12.1 Å². The van der Waals surface area contributed by atoms with Gasteiger partial charge in [-0.25, -0.2) is 8.42 Å². The number of nitrogens with zero attached hydrogens (tertiary/aromatic N) is 2. The minimum absolute atomic E-state index is 0.169. The third kappa shape index (κ3) is 5.34. The van der Waals surface area contributed by atoms with Crippen molar-refractivity contribution in [3.05, 3.63) is 52.0 Å². The molecule has 1 fully saturated rings. The summed E-state index contributed by atoms with van der Waals surface area (Å²) in [5.74, 6) is -1.74. The Labute approximate surface area is 193 Å². The van der Waals surface area contributed by atoms with Gasteiger partial charge in [0.15, 0.2) is 22.2 Å². The molecule has 2 aromatic rings. The van der Waals surface area contributed by atoms with Gasteiger partial charge in [0.25, 0.3) is 5.91 Å². The van der Waals surface area contributed by atoms with Crippen LogP contribution in [0.3, 0.4) is 0 Å². The summed E-state index contributed by atoms with van der Waals surface area (Å²) in [4.78, 5) is 14.2. The highest BCUT2D eigenvalue weighted by Crippen LogP contribution is 2.40. The molecular weight excluding hydrogens is 485 g/mol. The Kier molecular flexibility index (Phi) is 6.81. The average Bonchev–Trinajstić information content (AvgIpc) is 2.69. The van der Waals surface area contributed by atoms with Crippen LogP contribution in [0.25, 0.3) is 0 Å². The molecule has 7 nitrogen and oxygen atoms in total. The lowest BCUT2D eigenvalue weighted by Crippen LogP contribution is -2.48. The molecule has 2 aromatic carbocycles. The number of hydrogen-bond acceptors (Lipinski definition) is 6. The molecule has 0 radical (unpaired) electrons. The molecule has 1 aliphatic heterocycles. The molecule has 1 aliphatic rings. The van der Waals surface area contributed by atoms with Crippen LogP contribution in [0.4, 0.5) is 13.2 Å². The van der Waals surface area contributed by atoms with E-state index < -0.39 is 39.8 Å². The number of amides is 1. The number of ether oxygens (including phenoxy) is 2. The van der Waals surface area contributed by atoms with Crippen molar-refractivity contribution in [3.63, 3.8) is 0 Å². The van der Waals surface area contributed by atoms with E-state index in [9.17, 15) is 26.4 Å². The molecule has 1 heterocycles. The second kappa shape index (κ2) is 9.11. The number of sulfone groups is 1. The number of methoxy groups -OCH3 is 1. The second-order valence-electron chi connectivity index (χ2n) is 7.40. The van der Waals surface area contributed by atoms with Gasteiger partial charge in [0.1, 0.15) is 16.2 Å². The van der Waals surface area contributed by atoms with Crippen molar-refractivity contribution in [1.82, 2.24) is 4.90 Å². The molecule has 0 N–H and O–H groups in total. The van der Waals surface area contributed by atoms with Crippen LogP contribution in [-0.4, -0.2) is 58.5 Å². The zero-order chi connectivity index (χ0) is 24.6. The smallest absolute Gasteiger partial charge is 0.422 e. The van der Waals surface area contributed by atoms with Crippen LogP contribution in [0.2, 0.25) is 5.02 Å². The summed E-state index contributed by atoms with van der Waals surface area (Å²) in [7, 11) is -2.74. The topological polar surface area (TPSA) is 96.7 Å². The van der Waals surface area contributed by atoms with E-state index in [4.69, 9.17) is 26.3 Å². The number of carbonyl (C=O) groups is 1. The number of rotatable bonds is 6. The Morgan fingerprint density at radius 3 is 2.45 bits per heavy atom. The Hall–Kier alpha value is -2.97. The Bertz CT molecular complexity index is 1240. The van der Waals surface area contributed by atoms with Crippen molar-refractivity contribution in [2.75, 3.05) is 33.1 Å². The van der Waals surface area contributed by atoms with Gasteiger partial charge in [0.05, 0.1) is 18.7 Å². The van der Waals surface area contributed by atoms with Gasteiger partial charge in [-0.3, -0.25) is 4.79 Å². The summed E-state index contributed by atoms with van der Waals surface area (Å²) in [5, 5.41) is 9.31. The maximum absolute atomic E-state index is 13.2. The zero-order valence-corrected chi connectivity index (χ0v) is 19.0. The molecule has 0 atom stereocenters. The van der Waals surface area contributed by atoms with E-state index in [0.717, 1.165) is 25.5 Å². The van der Waals surface area contributed by atoms with Crippen LogP contribution in [-0.2, 0) is 9.84 Å². The molecule has 0 bridgehead atoms. The molecular formula is C21H18ClF3N2O5S. The van der Waals surface area contributed by atoms with Crippen LogP contribution >= 0.6 is 11.6 Å². The van der Waals surface area contributed by atoms with Gasteiger partial charge < -0.3 is 14.4 Å². The van der Waals surface area contributed by atoms with Crippen LogP contribution in [0.1, 0.15) is 27.4 Å². The highest BCUT2D eigenvalue weighted by molar-refractivity contribution is 7.90. The van der Waals surface area contributed by atoms with Crippen molar-refractivity contribution in [3.8, 4) is 17.6 Å². The van der Waals surface area contributed by atoms with Gasteiger partial charge in [-0.2, -0.15) is 18.4 Å². The largest absolute Gasteiger partial charge is 0.494 e. The fourth-order valence-electron chi connectivity index (χ4n) is 3.45. The molecule has 0 unspecified atom stereocenters. The van der Waals surface area contributed by atoms with Crippen LogP contribution in [0.15, 0.2) is 35.2 Å². The number of alkyl halides is 3. The summed E-state index contributed by atoms with van der Waals surface area (Å²) >= 11 is 6.22. The maximum Gasteiger partial charge on any atom is 0.422 e. The van der Waals surface area contributed by atoms with Crippen molar-refractivity contribution in [2.45, 2.75) is 17.0 Å². The number of halogens is 4. The van der Waals surface area contributed by atoms with Crippen molar-refractivity contribution >= 4 is 27.3 Å². The molecule has 0 spiro atoms. The van der Waals surface area contributed by atoms with Gasteiger partial charge in [-0.1, -0.05) is 17.7 Å². The fraction of sp³-hybridized carbons (Fsp3) is 0.333. The van der Waals surface area contributed by atoms with Crippen LogP contribution < -0.4 is 9.47 Å². The number of hydrogen-bond donors (Lipinski definition) is 0. The molecule has 1 amide bonds. The average molecular weight is 503 g/mol. The summed E-state index contributed by atoms with van der Waals surface area (Å²) in [5.41, 5.74) is 0.684. The Balaban J connectivity index is 1.93. The van der Waals surface area contributed by atoms with Gasteiger partial charge in [-0.05, 0) is 29.8 Å². The lowest BCUT2D eigenvalue weighted by Gasteiger charge is -2.40. The predicted molar refractivity (Wildman–Crippen MR) is 112 cm³/mol. The number of likely N-dealkylation sites (tertiary alicyclic amines) is 1. The first kappa shape index (κ1) is 24.7. The van der Waals surface area contributed by atoms with Gasteiger partial charge in [0.2, 0.25) is 0 Å². The summed E-state index contributed by atoms with van der Waals surface area (Å²) in [6, 6.07) is 8.78. The third-order valence-corrected chi connectivity index (χ3v) is 6.48. The number of carbonyl (C=O) groups excluding carboxylic acids is 1. The van der Waals surface area contributed by atoms with E-state index in [1.165, 1.54) is 11.0 Å². The molecule has 3 rings (SSSR count). The minimum Gasteiger partial charge on any atom is -0.494 e. The summed E-state index contributed by atoms with van der Waals surface area (Å²) in [6.45, 7) is -1.32. The van der Waals surface area contributed by atoms with Crippen molar-refractivity contribution in [2.24, 2.45) is 0 Å². The predicted octanol–water partition coefficient (Wildman–Crippen LogP) is 3.80. The van der Waals surface area contributed by atoms with E-state index in [2.05, 4.69) is 0 Å². The first-order chi connectivity index (χ1) is 15.4. The van der Waals surface area contributed by atoms with Crippen LogP contribution in [0.5, 0.6) is 11.5 Å². The van der Waals surface area contributed by atoms with Crippen molar-refractivity contribution < 1.29 is 35.9 Å². The Morgan fingerprint density at radius 1 is 1.27 bits per heavy atom. The maximum atomic E-state index is 13.2. The molecule has 0 aromatic heterocycles. The lowest BCUT2D eigenvalue weighted by molar-refractivity contribution is -0.153. The minimum atomic E-state index is -4.67. The molecule has 33 heavy (non-hydrogen) atoms. The molecule has 12 heteroatoms. The third-order valence-electron chi connectivity index (χ3n) is 5.03. The molecule has 0 aliphatic carbocycles. The Morgan fingerprint density at radius 2 is 1.94 bits per heavy atom.